The van der Waals surface area contributed by atoms with E-state index in [1.807, 2.05) is 17.0 Å². The van der Waals surface area contributed by atoms with Crippen molar-refractivity contribution in [2.45, 2.75) is 5.92 Å². The van der Waals surface area contributed by atoms with Crippen LogP contribution in [0.4, 0.5) is 5.13 Å². The number of hydrogen-bond donors (Lipinski definition) is 1. The zero-order valence-corrected chi connectivity index (χ0v) is 11.4. The number of thiazole rings is 1. The molecule has 6 heteroatoms. The predicted octanol–water partition coefficient (Wildman–Crippen LogP) is 1.82. The highest BCUT2D eigenvalue weighted by atomic mass is 32.1. The Morgan fingerprint density at radius 2 is 2.16 bits per heavy atom. The largest absolute Gasteiger partial charge is 0.365 e. The van der Waals surface area contributed by atoms with Crippen LogP contribution in [0.15, 0.2) is 29.9 Å². The smallest absolute Gasteiger partial charge is 0.273 e. The summed E-state index contributed by atoms with van der Waals surface area (Å²) in [5.41, 5.74) is 1.77. The standard InChI is InChI=1S/C13H14N4OS/c1-14-13-16-11(8-19-13)12(18)17-6-10(7-17)9-2-4-15-5-3-9/h2-5,8,10H,6-7H2,1H3,(H,14,16). The van der Waals surface area contributed by atoms with Gasteiger partial charge in [0.15, 0.2) is 5.13 Å². The first kappa shape index (κ1) is 12.1. The topological polar surface area (TPSA) is 58.1 Å². The van der Waals surface area contributed by atoms with Crippen LogP contribution in [0.25, 0.3) is 0 Å². The van der Waals surface area contributed by atoms with Crippen molar-refractivity contribution in [2.24, 2.45) is 0 Å². The maximum atomic E-state index is 12.2. The maximum absolute atomic E-state index is 12.2. The van der Waals surface area contributed by atoms with Gasteiger partial charge in [0.2, 0.25) is 0 Å². The summed E-state index contributed by atoms with van der Waals surface area (Å²) in [6.07, 6.45) is 3.58. The van der Waals surface area contributed by atoms with Gasteiger partial charge in [-0.3, -0.25) is 9.78 Å². The van der Waals surface area contributed by atoms with Crippen molar-refractivity contribution in [3.05, 3.63) is 41.2 Å². The molecule has 0 spiro atoms. The SMILES string of the molecule is CNc1nc(C(=O)N2CC(c3ccncc3)C2)cs1. The lowest BCUT2D eigenvalue weighted by atomic mass is 9.92. The first-order valence-corrected chi connectivity index (χ1v) is 6.98. The third-order valence-corrected chi connectivity index (χ3v) is 4.14. The maximum Gasteiger partial charge on any atom is 0.273 e. The van der Waals surface area contributed by atoms with Gasteiger partial charge in [-0.1, -0.05) is 0 Å². The fourth-order valence-corrected chi connectivity index (χ4v) is 2.79. The summed E-state index contributed by atoms with van der Waals surface area (Å²) in [6.45, 7) is 1.52. The van der Waals surface area contributed by atoms with Crippen LogP contribution in [-0.2, 0) is 0 Å². The number of likely N-dealkylation sites (tertiary alicyclic amines) is 1. The van der Waals surface area contributed by atoms with E-state index in [4.69, 9.17) is 0 Å². The van der Waals surface area contributed by atoms with Crippen molar-refractivity contribution in [1.82, 2.24) is 14.9 Å². The van der Waals surface area contributed by atoms with E-state index in [2.05, 4.69) is 15.3 Å². The molecule has 5 nitrogen and oxygen atoms in total. The molecule has 1 aliphatic heterocycles. The van der Waals surface area contributed by atoms with Gasteiger partial charge in [-0.25, -0.2) is 4.98 Å². The second-order valence-corrected chi connectivity index (χ2v) is 5.33. The Kier molecular flexibility index (Phi) is 3.16. The average molecular weight is 274 g/mol. The van der Waals surface area contributed by atoms with Gasteiger partial charge in [-0.2, -0.15) is 0 Å². The Hall–Kier alpha value is -1.95. The number of rotatable bonds is 3. The Labute approximate surface area is 115 Å². The molecule has 0 radical (unpaired) electrons. The summed E-state index contributed by atoms with van der Waals surface area (Å²) in [5, 5.41) is 5.51. The molecule has 1 aliphatic rings. The number of hydrogen-bond acceptors (Lipinski definition) is 5. The van der Waals surface area contributed by atoms with Crippen LogP contribution in [-0.4, -0.2) is 40.9 Å². The van der Waals surface area contributed by atoms with Crippen molar-refractivity contribution < 1.29 is 4.79 Å². The van der Waals surface area contributed by atoms with E-state index in [9.17, 15) is 4.79 Å². The first-order chi connectivity index (χ1) is 9.28. The van der Waals surface area contributed by atoms with Gasteiger partial charge in [0.05, 0.1) is 0 Å². The molecular formula is C13H14N4OS. The van der Waals surface area contributed by atoms with Crippen LogP contribution in [0.5, 0.6) is 0 Å². The highest BCUT2D eigenvalue weighted by Gasteiger charge is 2.33. The monoisotopic (exact) mass is 274 g/mol. The highest BCUT2D eigenvalue weighted by Crippen LogP contribution is 2.28. The first-order valence-electron chi connectivity index (χ1n) is 6.10. The van der Waals surface area contributed by atoms with Crippen LogP contribution < -0.4 is 5.32 Å². The third kappa shape index (κ3) is 2.31. The minimum atomic E-state index is 0.0167. The Balaban J connectivity index is 1.63. The second kappa shape index (κ2) is 4.97. The Bertz CT molecular complexity index is 577. The molecule has 0 unspecified atom stereocenters. The van der Waals surface area contributed by atoms with E-state index in [0.29, 0.717) is 11.6 Å². The molecular weight excluding hydrogens is 260 g/mol. The molecule has 1 amide bonds. The molecule has 19 heavy (non-hydrogen) atoms. The average Bonchev–Trinajstić information content (AvgIpc) is 2.87. The van der Waals surface area contributed by atoms with Gasteiger partial charge in [-0.05, 0) is 17.7 Å². The summed E-state index contributed by atoms with van der Waals surface area (Å²) < 4.78 is 0. The lowest BCUT2D eigenvalue weighted by Crippen LogP contribution is -2.48. The second-order valence-electron chi connectivity index (χ2n) is 4.48. The molecule has 0 saturated carbocycles. The number of carbonyl (C=O) groups excluding carboxylic acids is 1. The van der Waals surface area contributed by atoms with E-state index in [0.717, 1.165) is 18.2 Å². The van der Waals surface area contributed by atoms with Crippen LogP contribution in [0.2, 0.25) is 0 Å². The summed E-state index contributed by atoms with van der Waals surface area (Å²) in [7, 11) is 1.80. The zero-order chi connectivity index (χ0) is 13.2. The predicted molar refractivity (Wildman–Crippen MR) is 74.5 cm³/mol. The Morgan fingerprint density at radius 1 is 1.42 bits per heavy atom. The number of nitrogens with one attached hydrogen (secondary N) is 1. The number of carbonyl (C=O) groups is 1. The van der Waals surface area contributed by atoms with Crippen LogP contribution in [0.1, 0.15) is 22.0 Å². The molecule has 2 aromatic rings. The minimum absolute atomic E-state index is 0.0167. The number of amides is 1. The number of anilines is 1. The Morgan fingerprint density at radius 3 is 2.79 bits per heavy atom. The highest BCUT2D eigenvalue weighted by molar-refractivity contribution is 7.13. The molecule has 3 heterocycles. The van der Waals surface area contributed by atoms with Gasteiger partial charge >= 0.3 is 0 Å². The summed E-state index contributed by atoms with van der Waals surface area (Å²) in [5.74, 6) is 0.442. The number of aromatic nitrogens is 2. The van der Waals surface area contributed by atoms with Gasteiger partial charge < -0.3 is 10.2 Å². The molecule has 98 valence electrons. The van der Waals surface area contributed by atoms with Gasteiger partial charge in [-0.15, -0.1) is 11.3 Å². The lowest BCUT2D eigenvalue weighted by molar-refractivity contribution is 0.0597. The third-order valence-electron chi connectivity index (χ3n) is 3.28. The number of pyridine rings is 1. The summed E-state index contributed by atoms with van der Waals surface area (Å²) in [4.78, 5) is 22.2. The molecule has 2 aromatic heterocycles. The van der Waals surface area contributed by atoms with E-state index < -0.39 is 0 Å². The minimum Gasteiger partial charge on any atom is -0.365 e. The summed E-state index contributed by atoms with van der Waals surface area (Å²) in [6, 6.07) is 4.02. The molecule has 1 N–H and O–H groups in total. The van der Waals surface area contributed by atoms with Crippen molar-refractivity contribution >= 4 is 22.4 Å². The number of nitrogens with zero attached hydrogens (tertiary/aromatic N) is 3. The fourth-order valence-electron chi connectivity index (χ4n) is 2.14. The molecule has 1 saturated heterocycles. The molecule has 3 rings (SSSR count). The van der Waals surface area contributed by atoms with Crippen molar-refractivity contribution in [2.75, 3.05) is 25.5 Å². The van der Waals surface area contributed by atoms with Gasteiger partial charge in [0, 0.05) is 43.8 Å². The van der Waals surface area contributed by atoms with E-state index in [1.54, 1.807) is 24.8 Å². The molecule has 0 aliphatic carbocycles. The lowest BCUT2D eigenvalue weighted by Gasteiger charge is -2.39. The zero-order valence-electron chi connectivity index (χ0n) is 10.5. The van der Waals surface area contributed by atoms with Crippen LogP contribution in [0.3, 0.4) is 0 Å². The normalized spacial score (nSPS) is 15.1. The van der Waals surface area contributed by atoms with Gasteiger partial charge in [0.25, 0.3) is 5.91 Å². The molecule has 0 aromatic carbocycles. The van der Waals surface area contributed by atoms with E-state index >= 15 is 0 Å². The summed E-state index contributed by atoms with van der Waals surface area (Å²) >= 11 is 1.45. The van der Waals surface area contributed by atoms with Crippen LogP contribution in [0, 0.1) is 0 Å². The molecule has 0 atom stereocenters. The van der Waals surface area contributed by atoms with Gasteiger partial charge in [0.1, 0.15) is 5.69 Å². The van der Waals surface area contributed by atoms with Crippen molar-refractivity contribution in [3.63, 3.8) is 0 Å². The van der Waals surface area contributed by atoms with E-state index in [-0.39, 0.29) is 5.91 Å². The molecule has 1 fully saturated rings. The van der Waals surface area contributed by atoms with Crippen molar-refractivity contribution in [3.8, 4) is 0 Å². The quantitative estimate of drug-likeness (QED) is 0.927. The molecule has 0 bridgehead atoms. The van der Waals surface area contributed by atoms with Crippen LogP contribution >= 0.6 is 11.3 Å². The fraction of sp³-hybridized carbons (Fsp3) is 0.308. The van der Waals surface area contributed by atoms with E-state index in [1.165, 1.54) is 16.9 Å². The van der Waals surface area contributed by atoms with Crippen molar-refractivity contribution in [1.29, 1.82) is 0 Å².